The fourth-order valence-electron chi connectivity index (χ4n) is 5.17. The van der Waals surface area contributed by atoms with E-state index in [1.54, 1.807) is 24.3 Å². The number of fused-ring (bicyclic) bond motifs is 1. The number of carbonyl (C=O) groups excluding carboxylic acids is 3. The Morgan fingerprint density at radius 1 is 1.20 bits per heavy atom. The molecule has 35 heavy (non-hydrogen) atoms. The highest BCUT2D eigenvalue weighted by molar-refractivity contribution is 5.99. The highest BCUT2D eigenvalue weighted by atomic mass is 19.1. The minimum atomic E-state index is -0.541. The second-order valence-corrected chi connectivity index (χ2v) is 9.12. The summed E-state index contributed by atoms with van der Waals surface area (Å²) in [6.07, 6.45) is 4.26. The highest BCUT2D eigenvalue weighted by Gasteiger charge is 2.40. The van der Waals surface area contributed by atoms with Gasteiger partial charge in [0.1, 0.15) is 17.7 Å². The predicted octanol–water partition coefficient (Wildman–Crippen LogP) is 0.881. The Morgan fingerprint density at radius 3 is 2.97 bits per heavy atom. The minimum Gasteiger partial charge on any atom is -0.482 e. The molecule has 10 nitrogen and oxygen atoms in total. The molecule has 4 heterocycles. The van der Waals surface area contributed by atoms with Crippen molar-refractivity contribution < 1.29 is 28.2 Å². The molecule has 4 atom stereocenters. The van der Waals surface area contributed by atoms with Crippen LogP contribution >= 0.6 is 0 Å². The van der Waals surface area contributed by atoms with E-state index in [9.17, 15) is 18.8 Å². The topological polar surface area (TPSA) is 121 Å². The van der Waals surface area contributed by atoms with Gasteiger partial charge in [-0.05, 0) is 41.8 Å². The van der Waals surface area contributed by atoms with Crippen molar-refractivity contribution in [3.63, 3.8) is 0 Å². The number of cyclic esters (lactones) is 1. The quantitative estimate of drug-likeness (QED) is 0.489. The first-order valence-electron chi connectivity index (χ1n) is 11.5. The number of allylic oxidation sites excluding steroid dienone is 1. The van der Waals surface area contributed by atoms with Gasteiger partial charge in [0.2, 0.25) is 0 Å². The van der Waals surface area contributed by atoms with Crippen LogP contribution in [0.1, 0.15) is 6.42 Å². The first-order chi connectivity index (χ1) is 17.0. The first kappa shape index (κ1) is 21.8. The molecule has 1 aromatic carbocycles. The average Bonchev–Trinajstić information content (AvgIpc) is 3.22. The van der Waals surface area contributed by atoms with Gasteiger partial charge in [-0.1, -0.05) is 6.08 Å². The van der Waals surface area contributed by atoms with E-state index in [1.807, 2.05) is 0 Å². The van der Waals surface area contributed by atoms with Gasteiger partial charge in [0.25, 0.3) is 5.91 Å². The summed E-state index contributed by atoms with van der Waals surface area (Å²) in [5.41, 5.74) is 2.46. The van der Waals surface area contributed by atoms with Crippen molar-refractivity contribution in [1.82, 2.24) is 16.0 Å². The summed E-state index contributed by atoms with van der Waals surface area (Å²) < 4.78 is 25.4. The van der Waals surface area contributed by atoms with Crippen molar-refractivity contribution in [1.29, 1.82) is 0 Å². The van der Waals surface area contributed by atoms with Crippen LogP contribution in [0.25, 0.3) is 0 Å². The Labute approximate surface area is 200 Å². The molecule has 3 unspecified atom stereocenters. The van der Waals surface area contributed by atoms with E-state index in [0.29, 0.717) is 48.8 Å². The number of anilines is 2. The Bertz CT molecular complexity index is 1210. The molecule has 1 aliphatic carbocycles. The van der Waals surface area contributed by atoms with E-state index in [0.717, 1.165) is 5.57 Å². The maximum absolute atomic E-state index is 14.5. The van der Waals surface area contributed by atoms with Crippen molar-refractivity contribution in [2.45, 2.75) is 30.7 Å². The normalized spacial score (nSPS) is 29.0. The van der Waals surface area contributed by atoms with E-state index in [1.165, 1.54) is 17.2 Å². The van der Waals surface area contributed by atoms with Gasteiger partial charge in [-0.3, -0.25) is 19.8 Å². The molecule has 4 N–H and O–H groups in total. The van der Waals surface area contributed by atoms with Crippen LogP contribution in [0.5, 0.6) is 5.75 Å². The van der Waals surface area contributed by atoms with Gasteiger partial charge in [0, 0.05) is 31.0 Å². The number of nitrogens with one attached hydrogen (secondary N) is 4. The Kier molecular flexibility index (Phi) is 5.30. The van der Waals surface area contributed by atoms with Crippen LogP contribution < -0.4 is 30.9 Å². The molecule has 2 amide bonds. The summed E-state index contributed by atoms with van der Waals surface area (Å²) in [5, 5.41) is 12.3. The SMILES string of the molecule is O=C1COc2ccc(N3C[C@@H](CNCC4CC5=C6C(C=CC(=O)C6N4)NC=C5F)OC3=O)cc2N1. The lowest BCUT2D eigenvalue weighted by Gasteiger charge is -2.40. The van der Waals surface area contributed by atoms with Gasteiger partial charge >= 0.3 is 6.09 Å². The second-order valence-electron chi connectivity index (χ2n) is 9.12. The average molecular weight is 481 g/mol. The fourth-order valence-corrected chi connectivity index (χ4v) is 5.17. The number of hydrogen-bond donors (Lipinski definition) is 4. The maximum Gasteiger partial charge on any atom is 0.414 e. The second kappa shape index (κ2) is 8.51. The molecule has 0 aromatic heterocycles. The molecule has 5 aliphatic rings. The number of ether oxygens (including phenoxy) is 2. The number of carbonyl (C=O) groups is 3. The third kappa shape index (κ3) is 3.96. The molecule has 0 radical (unpaired) electrons. The standard InChI is InChI=1S/C24H24FN5O5/c25-16-9-27-17-2-3-19(31)23-22(17)15(16)5-12(28-23)7-26-8-14-10-30(24(33)35-14)13-1-4-20-18(6-13)29-21(32)11-34-20/h1-4,6,9,12,14,17,23,26-28H,5,7-8,10-11H2,(H,29,32)/t12?,14-,17?,23?/m1/s1. The molecule has 0 spiro atoms. The van der Waals surface area contributed by atoms with Crippen molar-refractivity contribution in [2.24, 2.45) is 0 Å². The molecule has 11 heteroatoms. The van der Waals surface area contributed by atoms with Crippen molar-refractivity contribution >= 4 is 29.2 Å². The molecular formula is C24H24FN5O5. The first-order valence-corrected chi connectivity index (χ1v) is 11.5. The Hall–Kier alpha value is -3.70. The van der Waals surface area contributed by atoms with E-state index >= 15 is 0 Å². The Balaban J connectivity index is 1.06. The summed E-state index contributed by atoms with van der Waals surface area (Å²) in [5.74, 6) is -0.109. The van der Waals surface area contributed by atoms with Crippen LogP contribution in [0.3, 0.4) is 0 Å². The van der Waals surface area contributed by atoms with Crippen LogP contribution in [0.4, 0.5) is 20.6 Å². The smallest absolute Gasteiger partial charge is 0.414 e. The highest BCUT2D eigenvalue weighted by Crippen LogP contribution is 2.35. The van der Waals surface area contributed by atoms with Crippen LogP contribution in [0, 0.1) is 0 Å². The van der Waals surface area contributed by atoms with Gasteiger partial charge in [-0.15, -0.1) is 0 Å². The number of rotatable bonds is 5. The zero-order valence-electron chi connectivity index (χ0n) is 18.7. The van der Waals surface area contributed by atoms with Crippen LogP contribution in [-0.4, -0.2) is 68.3 Å². The van der Waals surface area contributed by atoms with E-state index < -0.39 is 12.1 Å². The lowest BCUT2D eigenvalue weighted by atomic mass is 9.79. The molecule has 0 saturated carbocycles. The number of dihydropyridines is 1. The van der Waals surface area contributed by atoms with Crippen molar-refractivity contribution in [2.75, 3.05) is 36.5 Å². The third-order valence-electron chi connectivity index (χ3n) is 6.81. The summed E-state index contributed by atoms with van der Waals surface area (Å²) in [4.78, 5) is 38.0. The van der Waals surface area contributed by atoms with Gasteiger partial charge in [0.15, 0.2) is 12.4 Å². The minimum absolute atomic E-state index is 0.0354. The van der Waals surface area contributed by atoms with Crippen molar-refractivity contribution in [3.8, 4) is 5.75 Å². The third-order valence-corrected chi connectivity index (χ3v) is 6.81. The monoisotopic (exact) mass is 481 g/mol. The van der Waals surface area contributed by atoms with Crippen LogP contribution in [0.15, 0.2) is 53.5 Å². The van der Waals surface area contributed by atoms with Crippen molar-refractivity contribution in [3.05, 3.63) is 53.5 Å². The zero-order valence-corrected chi connectivity index (χ0v) is 18.7. The number of amides is 2. The van der Waals surface area contributed by atoms with Gasteiger partial charge in [-0.2, -0.15) is 0 Å². The zero-order chi connectivity index (χ0) is 24.1. The van der Waals surface area contributed by atoms with E-state index in [-0.39, 0.29) is 42.3 Å². The molecule has 1 saturated heterocycles. The molecule has 4 aliphatic heterocycles. The molecule has 1 aromatic rings. The molecule has 6 rings (SSSR count). The molecule has 182 valence electrons. The maximum atomic E-state index is 14.5. The lowest BCUT2D eigenvalue weighted by molar-refractivity contribution is -0.118. The van der Waals surface area contributed by atoms with Gasteiger partial charge < -0.3 is 25.4 Å². The van der Waals surface area contributed by atoms with Crippen LogP contribution in [0.2, 0.25) is 0 Å². The number of hydrogen-bond acceptors (Lipinski definition) is 8. The summed E-state index contributed by atoms with van der Waals surface area (Å²) >= 11 is 0. The number of halogens is 1. The molecular weight excluding hydrogens is 457 g/mol. The van der Waals surface area contributed by atoms with Gasteiger partial charge in [0.05, 0.1) is 24.3 Å². The predicted molar refractivity (Wildman–Crippen MR) is 124 cm³/mol. The summed E-state index contributed by atoms with van der Waals surface area (Å²) in [7, 11) is 0. The summed E-state index contributed by atoms with van der Waals surface area (Å²) in [6, 6.07) is 4.28. The van der Waals surface area contributed by atoms with E-state index in [2.05, 4.69) is 21.3 Å². The number of ketones is 1. The van der Waals surface area contributed by atoms with E-state index in [4.69, 9.17) is 9.47 Å². The number of nitrogens with zero attached hydrogens (tertiary/aromatic N) is 1. The van der Waals surface area contributed by atoms with Crippen LogP contribution in [-0.2, 0) is 14.3 Å². The molecule has 0 bridgehead atoms. The molecule has 1 fully saturated rings. The Morgan fingerprint density at radius 2 is 2.09 bits per heavy atom. The largest absolute Gasteiger partial charge is 0.482 e. The summed E-state index contributed by atoms with van der Waals surface area (Å²) in [6.45, 7) is 1.18. The van der Waals surface area contributed by atoms with Gasteiger partial charge in [-0.25, -0.2) is 9.18 Å². The number of benzene rings is 1. The lowest BCUT2D eigenvalue weighted by Crippen LogP contribution is -2.57. The fraction of sp³-hybridized carbons (Fsp3) is 0.375.